The molecule has 1 aromatic heterocycles. The number of alkyl halides is 1. The van der Waals surface area contributed by atoms with Crippen LogP contribution in [0.4, 0.5) is 0 Å². The quantitative estimate of drug-likeness (QED) is 0.730. The Balaban J connectivity index is 1.91. The molecule has 1 aromatic carbocycles. The molecule has 0 radical (unpaired) electrons. The molecule has 1 fully saturated rings. The van der Waals surface area contributed by atoms with Crippen LogP contribution in [0.3, 0.4) is 0 Å². The van der Waals surface area contributed by atoms with Crippen molar-refractivity contribution in [3.8, 4) is 5.75 Å². The third-order valence-electron chi connectivity index (χ3n) is 4.73. The maximum Gasteiger partial charge on any atom is 0.343 e. The molecule has 1 aliphatic carbocycles. The van der Waals surface area contributed by atoms with Crippen LogP contribution in [0.1, 0.15) is 55.4 Å². The summed E-state index contributed by atoms with van der Waals surface area (Å²) in [5, 5.41) is 10.6. The van der Waals surface area contributed by atoms with Gasteiger partial charge in [0.05, 0.1) is 5.56 Å². The first-order valence-electron chi connectivity index (χ1n) is 8.65. The average Bonchev–Trinajstić information content (AvgIpc) is 3.41. The topological polar surface area (TPSA) is 50.4 Å². The van der Waals surface area contributed by atoms with Gasteiger partial charge in [-0.1, -0.05) is 37.3 Å². The molecular formula is C20H23ClO3. The van der Waals surface area contributed by atoms with Gasteiger partial charge in [0.1, 0.15) is 11.5 Å². The highest BCUT2D eigenvalue weighted by atomic mass is 35.5. The fourth-order valence-electron chi connectivity index (χ4n) is 3.22. The van der Waals surface area contributed by atoms with Crippen molar-refractivity contribution >= 4 is 11.6 Å². The number of benzene rings is 1. The second-order valence-electron chi connectivity index (χ2n) is 6.57. The van der Waals surface area contributed by atoms with Crippen LogP contribution in [0.5, 0.6) is 5.75 Å². The molecule has 0 aliphatic heterocycles. The third-order valence-corrected chi connectivity index (χ3v) is 5.25. The second kappa shape index (κ2) is 7.43. The van der Waals surface area contributed by atoms with Crippen molar-refractivity contribution in [1.29, 1.82) is 0 Å². The zero-order valence-corrected chi connectivity index (χ0v) is 14.6. The van der Waals surface area contributed by atoms with Gasteiger partial charge >= 0.3 is 5.63 Å². The molecule has 1 N–H and O–H groups in total. The number of aromatic hydroxyl groups is 1. The van der Waals surface area contributed by atoms with E-state index in [1.807, 2.05) is 37.3 Å². The van der Waals surface area contributed by atoms with Gasteiger partial charge < -0.3 is 9.52 Å². The van der Waals surface area contributed by atoms with Gasteiger partial charge in [0.25, 0.3) is 0 Å². The molecule has 128 valence electrons. The number of hydrogen-bond donors (Lipinski definition) is 1. The van der Waals surface area contributed by atoms with Crippen LogP contribution in [0.25, 0.3) is 0 Å². The smallest absolute Gasteiger partial charge is 0.343 e. The molecule has 0 spiro atoms. The van der Waals surface area contributed by atoms with Crippen LogP contribution in [0.15, 0.2) is 45.6 Å². The lowest BCUT2D eigenvalue weighted by Crippen LogP contribution is -2.16. The molecule has 2 atom stereocenters. The van der Waals surface area contributed by atoms with E-state index in [0.29, 0.717) is 23.7 Å². The second-order valence-corrected chi connectivity index (χ2v) is 7.19. The molecule has 0 bridgehead atoms. The highest BCUT2D eigenvalue weighted by Crippen LogP contribution is 2.47. The zero-order valence-electron chi connectivity index (χ0n) is 13.9. The minimum Gasteiger partial charge on any atom is -0.507 e. The predicted octanol–water partition coefficient (Wildman–Crippen LogP) is 4.84. The first-order valence-corrected chi connectivity index (χ1v) is 9.08. The normalized spacial score (nSPS) is 16.8. The summed E-state index contributed by atoms with van der Waals surface area (Å²) >= 11 is 6.12. The van der Waals surface area contributed by atoms with Crippen LogP contribution in [-0.4, -0.2) is 10.5 Å². The van der Waals surface area contributed by atoms with E-state index in [4.69, 9.17) is 16.0 Å². The van der Waals surface area contributed by atoms with E-state index in [2.05, 4.69) is 0 Å². The Bertz CT molecular complexity index is 734. The maximum absolute atomic E-state index is 12.6. The van der Waals surface area contributed by atoms with E-state index in [1.165, 1.54) is 0 Å². The van der Waals surface area contributed by atoms with Gasteiger partial charge in [0.15, 0.2) is 0 Å². The Morgan fingerprint density at radius 1 is 1.29 bits per heavy atom. The summed E-state index contributed by atoms with van der Waals surface area (Å²) in [6.45, 7) is 2.02. The zero-order chi connectivity index (χ0) is 17.1. The first kappa shape index (κ1) is 17.1. The Morgan fingerprint density at radius 2 is 2.00 bits per heavy atom. The number of halogens is 1. The van der Waals surface area contributed by atoms with E-state index in [-0.39, 0.29) is 17.0 Å². The molecule has 1 heterocycles. The maximum atomic E-state index is 12.6. The first-order chi connectivity index (χ1) is 11.6. The summed E-state index contributed by atoms with van der Waals surface area (Å²) in [5.74, 6) is 0.861. The van der Waals surface area contributed by atoms with E-state index >= 15 is 0 Å². The minimum absolute atomic E-state index is 0.0459. The van der Waals surface area contributed by atoms with Gasteiger partial charge in [0.2, 0.25) is 0 Å². The lowest BCUT2D eigenvalue weighted by atomic mass is 9.87. The summed E-state index contributed by atoms with van der Waals surface area (Å²) < 4.78 is 5.49. The number of aryl methyl sites for hydroxylation is 1. The Kier molecular flexibility index (Phi) is 5.30. The van der Waals surface area contributed by atoms with E-state index < -0.39 is 5.63 Å². The fourth-order valence-corrected chi connectivity index (χ4v) is 3.32. The molecule has 0 saturated heterocycles. The molecule has 1 aliphatic rings. The highest BCUT2D eigenvalue weighted by molar-refractivity contribution is 6.20. The van der Waals surface area contributed by atoms with Gasteiger partial charge in [-0.05, 0) is 37.2 Å². The third kappa shape index (κ3) is 3.84. The summed E-state index contributed by atoms with van der Waals surface area (Å²) in [4.78, 5) is 12.6. The van der Waals surface area contributed by atoms with E-state index in [0.717, 1.165) is 31.2 Å². The van der Waals surface area contributed by atoms with Crippen molar-refractivity contribution < 1.29 is 9.52 Å². The van der Waals surface area contributed by atoms with Crippen molar-refractivity contribution in [2.24, 2.45) is 5.92 Å². The molecule has 2 unspecified atom stereocenters. The minimum atomic E-state index is -0.423. The molecule has 3 nitrogen and oxygen atoms in total. The Labute approximate surface area is 147 Å². The number of hydrogen-bond acceptors (Lipinski definition) is 3. The molecular weight excluding hydrogens is 324 g/mol. The lowest BCUT2D eigenvalue weighted by molar-refractivity contribution is 0.401. The van der Waals surface area contributed by atoms with Gasteiger partial charge in [-0.2, -0.15) is 0 Å². The van der Waals surface area contributed by atoms with Crippen molar-refractivity contribution in [2.75, 3.05) is 0 Å². The van der Waals surface area contributed by atoms with Crippen molar-refractivity contribution in [1.82, 2.24) is 0 Å². The standard InChI is InChI=1S/C20H23ClO3/c1-2-15(21)10-11-16-12-17(22)19(20(23)24-16)18(14-8-9-14)13-6-4-3-5-7-13/h3-7,12,14-15,18,22H,2,8-11H2,1H3. The van der Waals surface area contributed by atoms with E-state index in [9.17, 15) is 9.90 Å². The largest absolute Gasteiger partial charge is 0.507 e. The Morgan fingerprint density at radius 3 is 2.58 bits per heavy atom. The summed E-state index contributed by atoms with van der Waals surface area (Å²) in [6.07, 6.45) is 4.30. The van der Waals surface area contributed by atoms with Crippen LogP contribution in [-0.2, 0) is 6.42 Å². The molecule has 24 heavy (non-hydrogen) atoms. The Hall–Kier alpha value is -1.74. The lowest BCUT2D eigenvalue weighted by Gasteiger charge is -2.17. The van der Waals surface area contributed by atoms with Crippen LogP contribution in [0.2, 0.25) is 0 Å². The van der Waals surface area contributed by atoms with Crippen LogP contribution >= 0.6 is 11.6 Å². The predicted molar refractivity (Wildman–Crippen MR) is 95.9 cm³/mol. The summed E-state index contributed by atoms with van der Waals surface area (Å²) in [5.41, 5.74) is 1.03. The van der Waals surface area contributed by atoms with Crippen molar-refractivity contribution in [2.45, 2.75) is 50.3 Å². The van der Waals surface area contributed by atoms with Crippen molar-refractivity contribution in [3.05, 3.63) is 63.7 Å². The van der Waals surface area contributed by atoms with Crippen molar-refractivity contribution in [3.63, 3.8) is 0 Å². The van der Waals surface area contributed by atoms with Crippen LogP contribution < -0.4 is 5.63 Å². The SMILES string of the molecule is CCC(Cl)CCc1cc(O)c(C(c2ccccc2)C2CC2)c(=O)o1. The molecule has 1 saturated carbocycles. The van der Waals surface area contributed by atoms with E-state index in [1.54, 1.807) is 6.07 Å². The van der Waals surface area contributed by atoms with Gasteiger partial charge in [-0.3, -0.25) is 0 Å². The molecule has 4 heteroatoms. The molecule has 3 rings (SSSR count). The average molecular weight is 347 g/mol. The molecule has 0 amide bonds. The van der Waals surface area contributed by atoms with Crippen LogP contribution in [0, 0.1) is 5.92 Å². The summed E-state index contributed by atoms with van der Waals surface area (Å²) in [6, 6.07) is 11.5. The van der Waals surface area contributed by atoms with Gasteiger partial charge in [0, 0.05) is 23.8 Å². The molecule has 2 aromatic rings. The van der Waals surface area contributed by atoms with Gasteiger partial charge in [-0.25, -0.2) is 4.79 Å². The van der Waals surface area contributed by atoms with Gasteiger partial charge in [-0.15, -0.1) is 11.6 Å². The highest BCUT2D eigenvalue weighted by Gasteiger charge is 2.37. The number of rotatable bonds is 7. The summed E-state index contributed by atoms with van der Waals surface area (Å²) in [7, 11) is 0. The monoisotopic (exact) mass is 346 g/mol. The fraction of sp³-hybridized carbons (Fsp3) is 0.450.